The number of hydrogen-bond acceptors (Lipinski definition) is 1. The summed E-state index contributed by atoms with van der Waals surface area (Å²) >= 11 is 1.99. The normalized spacial score (nSPS) is 20.2. The molecule has 0 nitrogen and oxygen atoms in total. The molecule has 0 saturated heterocycles. The van der Waals surface area contributed by atoms with Crippen molar-refractivity contribution in [3.8, 4) is 0 Å². The number of hydrogen-bond donors (Lipinski definition) is 0. The molecular formula is C12H20S. The van der Waals surface area contributed by atoms with Crippen molar-refractivity contribution >= 4 is 11.3 Å². The topological polar surface area (TPSA) is 0 Å². The molecule has 74 valence electrons. The van der Waals surface area contributed by atoms with E-state index in [9.17, 15) is 0 Å². The largest absolute Gasteiger partial charge is 0.145 e. The zero-order chi connectivity index (χ0) is 9.84. The molecule has 1 heterocycles. The van der Waals surface area contributed by atoms with Crippen LogP contribution in [0.5, 0.6) is 0 Å². The Morgan fingerprint density at radius 1 is 1.38 bits per heavy atom. The van der Waals surface area contributed by atoms with E-state index in [0.29, 0.717) is 0 Å². The second-order valence-electron chi connectivity index (χ2n) is 3.65. The maximum atomic E-state index is 2.37. The standard InChI is InChI=1S/C10H14S.C2H6/c1-7-3-4-10-9(5-7)6-8(2)11-10;1-2/h6-7H,3-5H2,1-2H3;1-2H3. The summed E-state index contributed by atoms with van der Waals surface area (Å²) < 4.78 is 0. The van der Waals surface area contributed by atoms with Gasteiger partial charge in [0.1, 0.15) is 0 Å². The van der Waals surface area contributed by atoms with Crippen LogP contribution in [0.25, 0.3) is 0 Å². The lowest BCUT2D eigenvalue weighted by atomic mass is 9.90. The van der Waals surface area contributed by atoms with Crippen molar-refractivity contribution in [2.45, 2.75) is 47.0 Å². The lowest BCUT2D eigenvalue weighted by Gasteiger charge is -2.17. The minimum absolute atomic E-state index is 0.913. The third-order valence-corrected chi connectivity index (χ3v) is 3.60. The van der Waals surface area contributed by atoms with Crippen LogP contribution < -0.4 is 0 Å². The molecule has 0 aromatic carbocycles. The smallest absolute Gasteiger partial charge is 0.00802 e. The summed E-state index contributed by atoms with van der Waals surface area (Å²) in [5.41, 5.74) is 1.63. The lowest BCUT2D eigenvalue weighted by Crippen LogP contribution is -2.07. The summed E-state index contributed by atoms with van der Waals surface area (Å²) in [6.45, 7) is 8.57. The SMILES string of the molecule is CC.Cc1cc2c(s1)CCC(C)C2. The number of rotatable bonds is 0. The van der Waals surface area contributed by atoms with Crippen molar-refractivity contribution < 1.29 is 0 Å². The van der Waals surface area contributed by atoms with E-state index in [-0.39, 0.29) is 0 Å². The third kappa shape index (κ3) is 2.57. The van der Waals surface area contributed by atoms with E-state index in [4.69, 9.17) is 0 Å². The van der Waals surface area contributed by atoms with Gasteiger partial charge in [-0.05, 0) is 43.7 Å². The predicted octanol–water partition coefficient (Wildman–Crippen LogP) is 4.21. The molecule has 0 radical (unpaired) electrons. The van der Waals surface area contributed by atoms with Gasteiger partial charge in [0.15, 0.2) is 0 Å². The number of fused-ring (bicyclic) bond motifs is 1. The highest BCUT2D eigenvalue weighted by molar-refractivity contribution is 7.12. The van der Waals surface area contributed by atoms with E-state index in [1.54, 1.807) is 10.4 Å². The molecule has 1 unspecified atom stereocenters. The van der Waals surface area contributed by atoms with Crippen molar-refractivity contribution in [3.05, 3.63) is 21.4 Å². The average Bonchev–Trinajstić information content (AvgIpc) is 2.48. The first-order valence-corrected chi connectivity index (χ1v) is 6.15. The van der Waals surface area contributed by atoms with Crippen molar-refractivity contribution in [2.75, 3.05) is 0 Å². The zero-order valence-corrected chi connectivity index (χ0v) is 10.0. The van der Waals surface area contributed by atoms with Gasteiger partial charge in [-0.1, -0.05) is 20.8 Å². The first kappa shape index (κ1) is 10.8. The average molecular weight is 196 g/mol. The van der Waals surface area contributed by atoms with Gasteiger partial charge in [0.05, 0.1) is 0 Å². The van der Waals surface area contributed by atoms with Gasteiger partial charge in [-0.25, -0.2) is 0 Å². The number of aryl methyl sites for hydroxylation is 2. The van der Waals surface area contributed by atoms with E-state index in [1.165, 1.54) is 24.1 Å². The van der Waals surface area contributed by atoms with Crippen LogP contribution in [0.2, 0.25) is 0 Å². The Labute approximate surface area is 86.0 Å². The van der Waals surface area contributed by atoms with Crippen molar-refractivity contribution in [3.63, 3.8) is 0 Å². The molecule has 1 atom stereocenters. The second kappa shape index (κ2) is 4.80. The fraction of sp³-hybridized carbons (Fsp3) is 0.667. The van der Waals surface area contributed by atoms with Crippen molar-refractivity contribution in [1.82, 2.24) is 0 Å². The molecule has 2 rings (SSSR count). The van der Waals surface area contributed by atoms with Crippen LogP contribution in [-0.4, -0.2) is 0 Å². The van der Waals surface area contributed by atoms with E-state index in [0.717, 1.165) is 5.92 Å². The molecule has 1 heteroatoms. The first-order valence-electron chi connectivity index (χ1n) is 5.34. The minimum Gasteiger partial charge on any atom is -0.145 e. The molecule has 0 aliphatic heterocycles. The van der Waals surface area contributed by atoms with Crippen LogP contribution in [0.1, 0.15) is 42.5 Å². The first-order chi connectivity index (χ1) is 6.25. The fourth-order valence-corrected chi connectivity index (χ4v) is 2.94. The molecule has 1 aliphatic rings. The quantitative estimate of drug-likeness (QED) is 0.583. The third-order valence-electron chi connectivity index (χ3n) is 2.45. The van der Waals surface area contributed by atoms with Gasteiger partial charge in [-0.3, -0.25) is 0 Å². The molecule has 0 spiro atoms. The Kier molecular flexibility index (Phi) is 3.98. The summed E-state index contributed by atoms with van der Waals surface area (Å²) in [7, 11) is 0. The predicted molar refractivity (Wildman–Crippen MR) is 61.6 cm³/mol. The van der Waals surface area contributed by atoms with Gasteiger partial charge < -0.3 is 0 Å². The molecule has 1 aliphatic carbocycles. The summed E-state index contributed by atoms with van der Waals surface area (Å²) in [6.07, 6.45) is 4.04. The van der Waals surface area contributed by atoms with Crippen LogP contribution in [0.3, 0.4) is 0 Å². The van der Waals surface area contributed by atoms with Gasteiger partial charge >= 0.3 is 0 Å². The summed E-state index contributed by atoms with van der Waals surface area (Å²) in [6, 6.07) is 2.37. The summed E-state index contributed by atoms with van der Waals surface area (Å²) in [5, 5.41) is 0. The molecule has 13 heavy (non-hydrogen) atoms. The molecule has 0 saturated carbocycles. The number of thiophene rings is 1. The second-order valence-corrected chi connectivity index (χ2v) is 4.99. The maximum absolute atomic E-state index is 2.37. The van der Waals surface area contributed by atoms with Crippen molar-refractivity contribution in [2.24, 2.45) is 5.92 Å². The Hall–Kier alpha value is -0.300. The van der Waals surface area contributed by atoms with E-state index >= 15 is 0 Å². The van der Waals surface area contributed by atoms with Crippen LogP contribution in [0, 0.1) is 12.8 Å². The summed E-state index contributed by atoms with van der Waals surface area (Å²) in [4.78, 5) is 3.14. The Morgan fingerprint density at radius 2 is 2.08 bits per heavy atom. The van der Waals surface area contributed by atoms with Crippen LogP contribution >= 0.6 is 11.3 Å². The molecule has 0 bridgehead atoms. The Bertz CT molecular complexity index is 260. The van der Waals surface area contributed by atoms with Crippen LogP contribution in [-0.2, 0) is 12.8 Å². The molecular weight excluding hydrogens is 176 g/mol. The zero-order valence-electron chi connectivity index (χ0n) is 9.18. The molecule has 0 N–H and O–H groups in total. The van der Waals surface area contributed by atoms with Gasteiger partial charge in [-0.2, -0.15) is 0 Å². The van der Waals surface area contributed by atoms with E-state index < -0.39 is 0 Å². The highest BCUT2D eigenvalue weighted by atomic mass is 32.1. The van der Waals surface area contributed by atoms with Crippen LogP contribution in [0.4, 0.5) is 0 Å². The van der Waals surface area contributed by atoms with Gasteiger partial charge in [0.2, 0.25) is 0 Å². The minimum atomic E-state index is 0.913. The van der Waals surface area contributed by atoms with E-state index in [2.05, 4.69) is 19.9 Å². The van der Waals surface area contributed by atoms with Crippen molar-refractivity contribution in [1.29, 1.82) is 0 Å². The van der Waals surface area contributed by atoms with Gasteiger partial charge in [0, 0.05) is 9.75 Å². The fourth-order valence-electron chi connectivity index (χ4n) is 1.85. The maximum Gasteiger partial charge on any atom is 0.00802 e. The molecule has 1 aromatic rings. The molecule has 0 fully saturated rings. The van der Waals surface area contributed by atoms with E-state index in [1.807, 2.05) is 25.2 Å². The Balaban J connectivity index is 0.000000396. The highest BCUT2D eigenvalue weighted by Crippen LogP contribution is 2.31. The highest BCUT2D eigenvalue weighted by Gasteiger charge is 2.16. The lowest BCUT2D eigenvalue weighted by molar-refractivity contribution is 0.506. The molecule has 0 amide bonds. The summed E-state index contributed by atoms with van der Waals surface area (Å²) in [5.74, 6) is 0.913. The molecule has 1 aromatic heterocycles. The van der Waals surface area contributed by atoms with Crippen LogP contribution in [0.15, 0.2) is 6.07 Å². The van der Waals surface area contributed by atoms with Gasteiger partial charge in [0.25, 0.3) is 0 Å². The Morgan fingerprint density at radius 3 is 2.77 bits per heavy atom. The monoisotopic (exact) mass is 196 g/mol. The van der Waals surface area contributed by atoms with Gasteiger partial charge in [-0.15, -0.1) is 11.3 Å².